The molecule has 1 aromatic carbocycles. The van der Waals surface area contributed by atoms with E-state index < -0.39 is 0 Å². The van der Waals surface area contributed by atoms with Gasteiger partial charge in [-0.1, -0.05) is 18.2 Å². The highest BCUT2D eigenvalue weighted by atomic mass is 16.2. The van der Waals surface area contributed by atoms with Gasteiger partial charge in [-0.15, -0.1) is 0 Å². The van der Waals surface area contributed by atoms with Crippen LogP contribution in [0.2, 0.25) is 0 Å². The van der Waals surface area contributed by atoms with Crippen molar-refractivity contribution >= 4 is 5.91 Å². The second-order valence-electron chi connectivity index (χ2n) is 5.96. The number of amides is 1. The Morgan fingerprint density at radius 3 is 2.87 bits per heavy atom. The van der Waals surface area contributed by atoms with Gasteiger partial charge >= 0.3 is 0 Å². The van der Waals surface area contributed by atoms with E-state index in [4.69, 9.17) is 0 Å². The SMILES string of the molecule is Cc1ccccc1C(=O)NCCn1nc2c(cc1=O)CCCC2. The number of hydrogen-bond acceptors (Lipinski definition) is 3. The molecule has 1 amide bonds. The fourth-order valence-corrected chi connectivity index (χ4v) is 2.96. The molecule has 0 aliphatic heterocycles. The summed E-state index contributed by atoms with van der Waals surface area (Å²) < 4.78 is 1.46. The Morgan fingerprint density at radius 2 is 2.04 bits per heavy atom. The van der Waals surface area contributed by atoms with Gasteiger partial charge in [0.1, 0.15) is 0 Å². The molecule has 0 fully saturated rings. The van der Waals surface area contributed by atoms with Gasteiger partial charge in [0.2, 0.25) is 0 Å². The molecule has 1 heterocycles. The second-order valence-corrected chi connectivity index (χ2v) is 5.96. The summed E-state index contributed by atoms with van der Waals surface area (Å²) in [7, 11) is 0. The Balaban J connectivity index is 1.64. The molecule has 0 saturated heterocycles. The number of nitrogens with one attached hydrogen (secondary N) is 1. The Bertz CT molecular complexity index is 780. The van der Waals surface area contributed by atoms with Gasteiger partial charge in [0, 0.05) is 18.2 Å². The number of fused-ring (bicyclic) bond motifs is 1. The maximum atomic E-state index is 12.2. The molecule has 23 heavy (non-hydrogen) atoms. The van der Waals surface area contributed by atoms with E-state index in [9.17, 15) is 9.59 Å². The van der Waals surface area contributed by atoms with E-state index in [1.165, 1.54) is 4.68 Å². The minimum atomic E-state index is -0.117. The highest BCUT2D eigenvalue weighted by Gasteiger charge is 2.13. The number of hydrogen-bond donors (Lipinski definition) is 1. The van der Waals surface area contributed by atoms with Gasteiger partial charge in [-0.05, 0) is 49.8 Å². The predicted octanol–water partition coefficient (Wildman–Crippen LogP) is 1.86. The van der Waals surface area contributed by atoms with Crippen LogP contribution in [0.5, 0.6) is 0 Å². The van der Waals surface area contributed by atoms with E-state index >= 15 is 0 Å². The average Bonchev–Trinajstić information content (AvgIpc) is 2.55. The third kappa shape index (κ3) is 3.50. The largest absolute Gasteiger partial charge is 0.350 e. The topological polar surface area (TPSA) is 64.0 Å². The summed E-state index contributed by atoms with van der Waals surface area (Å²) in [5.74, 6) is -0.117. The zero-order valence-electron chi connectivity index (χ0n) is 13.3. The van der Waals surface area contributed by atoms with Crippen molar-refractivity contribution in [2.45, 2.75) is 39.2 Å². The van der Waals surface area contributed by atoms with Crippen LogP contribution in [-0.4, -0.2) is 22.2 Å². The van der Waals surface area contributed by atoms with Gasteiger partial charge in [-0.3, -0.25) is 9.59 Å². The van der Waals surface area contributed by atoms with Crippen molar-refractivity contribution in [3.8, 4) is 0 Å². The third-order valence-electron chi connectivity index (χ3n) is 4.27. The van der Waals surface area contributed by atoms with Gasteiger partial charge in [0.05, 0.1) is 12.2 Å². The Hall–Kier alpha value is -2.43. The summed E-state index contributed by atoms with van der Waals surface area (Å²) >= 11 is 0. The molecular weight excluding hydrogens is 290 g/mol. The highest BCUT2D eigenvalue weighted by Crippen LogP contribution is 2.16. The Labute approximate surface area is 135 Å². The molecular formula is C18H21N3O2. The van der Waals surface area contributed by atoms with Crippen LogP contribution in [0.4, 0.5) is 0 Å². The molecule has 0 radical (unpaired) electrons. The lowest BCUT2D eigenvalue weighted by Gasteiger charge is -2.16. The summed E-state index contributed by atoms with van der Waals surface area (Å²) in [5.41, 5.74) is 3.63. The first-order valence-corrected chi connectivity index (χ1v) is 8.09. The summed E-state index contributed by atoms with van der Waals surface area (Å²) in [6.45, 7) is 2.69. The number of carbonyl (C=O) groups is 1. The van der Waals surface area contributed by atoms with Crippen LogP contribution in [0.15, 0.2) is 35.1 Å². The van der Waals surface area contributed by atoms with Crippen LogP contribution >= 0.6 is 0 Å². The highest BCUT2D eigenvalue weighted by molar-refractivity contribution is 5.95. The van der Waals surface area contributed by atoms with Gasteiger partial charge in [0.25, 0.3) is 11.5 Å². The molecule has 0 unspecified atom stereocenters. The van der Waals surface area contributed by atoms with Crippen LogP contribution < -0.4 is 10.9 Å². The summed E-state index contributed by atoms with van der Waals surface area (Å²) in [6.07, 6.45) is 4.14. The van der Waals surface area contributed by atoms with Crippen LogP contribution in [0.25, 0.3) is 0 Å². The molecule has 5 nitrogen and oxygen atoms in total. The van der Waals surface area contributed by atoms with Crippen LogP contribution in [0.3, 0.4) is 0 Å². The lowest BCUT2D eigenvalue weighted by atomic mass is 9.97. The Morgan fingerprint density at radius 1 is 1.26 bits per heavy atom. The Kier molecular flexibility index (Phi) is 4.55. The smallest absolute Gasteiger partial charge is 0.267 e. The summed E-state index contributed by atoms with van der Waals surface area (Å²) in [6, 6.07) is 9.16. The molecule has 0 atom stereocenters. The first-order valence-electron chi connectivity index (χ1n) is 8.09. The number of rotatable bonds is 4. The van der Waals surface area contributed by atoms with Crippen molar-refractivity contribution in [1.29, 1.82) is 0 Å². The first kappa shape index (κ1) is 15.5. The lowest BCUT2D eigenvalue weighted by molar-refractivity contribution is 0.0951. The molecule has 0 saturated carbocycles. The molecule has 120 valence electrons. The summed E-state index contributed by atoms with van der Waals surface area (Å²) in [5, 5.41) is 7.31. The second kappa shape index (κ2) is 6.77. The van der Waals surface area contributed by atoms with Gasteiger partial charge in [0.15, 0.2) is 0 Å². The quantitative estimate of drug-likeness (QED) is 0.937. The van der Waals surface area contributed by atoms with E-state index in [0.717, 1.165) is 42.5 Å². The number of carbonyl (C=O) groups excluding carboxylic acids is 1. The minimum Gasteiger partial charge on any atom is -0.350 e. The summed E-state index contributed by atoms with van der Waals surface area (Å²) in [4.78, 5) is 24.2. The van der Waals surface area contributed by atoms with E-state index in [0.29, 0.717) is 18.7 Å². The van der Waals surface area contributed by atoms with Crippen molar-refractivity contribution in [1.82, 2.24) is 15.1 Å². The van der Waals surface area contributed by atoms with Crippen molar-refractivity contribution in [3.05, 3.63) is 63.1 Å². The molecule has 5 heteroatoms. The number of aromatic nitrogens is 2. The van der Waals surface area contributed by atoms with E-state index in [-0.39, 0.29) is 11.5 Å². The fourth-order valence-electron chi connectivity index (χ4n) is 2.96. The molecule has 2 aromatic rings. The normalized spacial score (nSPS) is 13.4. The molecule has 0 bridgehead atoms. The molecule has 1 aliphatic rings. The molecule has 1 aromatic heterocycles. The first-order chi connectivity index (χ1) is 11.1. The van der Waals surface area contributed by atoms with Crippen molar-refractivity contribution < 1.29 is 4.79 Å². The van der Waals surface area contributed by atoms with Crippen molar-refractivity contribution in [3.63, 3.8) is 0 Å². The van der Waals surface area contributed by atoms with Gasteiger partial charge in [-0.25, -0.2) is 4.68 Å². The van der Waals surface area contributed by atoms with Crippen LogP contribution in [0.1, 0.15) is 40.0 Å². The van der Waals surface area contributed by atoms with E-state index in [1.54, 1.807) is 12.1 Å². The number of nitrogens with zero attached hydrogens (tertiary/aromatic N) is 2. The molecule has 1 aliphatic carbocycles. The number of aryl methyl sites for hydroxylation is 3. The van der Waals surface area contributed by atoms with Crippen molar-refractivity contribution in [2.75, 3.05) is 6.54 Å². The third-order valence-corrected chi connectivity index (χ3v) is 4.27. The standard InChI is InChI=1S/C18H21N3O2/c1-13-6-2-4-8-15(13)18(23)19-10-11-21-17(22)12-14-7-3-5-9-16(14)20-21/h2,4,6,8,12H,3,5,7,9-11H2,1H3,(H,19,23). The maximum absolute atomic E-state index is 12.2. The predicted molar refractivity (Wildman–Crippen MR) is 88.7 cm³/mol. The van der Waals surface area contributed by atoms with Crippen LogP contribution in [-0.2, 0) is 19.4 Å². The van der Waals surface area contributed by atoms with E-state index in [2.05, 4.69) is 10.4 Å². The molecule has 3 rings (SSSR count). The molecule has 0 spiro atoms. The zero-order valence-corrected chi connectivity index (χ0v) is 13.3. The monoisotopic (exact) mass is 311 g/mol. The van der Waals surface area contributed by atoms with Crippen molar-refractivity contribution in [2.24, 2.45) is 0 Å². The lowest BCUT2D eigenvalue weighted by Crippen LogP contribution is -2.33. The van der Waals surface area contributed by atoms with Crippen LogP contribution in [0, 0.1) is 6.92 Å². The van der Waals surface area contributed by atoms with Gasteiger partial charge < -0.3 is 5.32 Å². The van der Waals surface area contributed by atoms with Gasteiger partial charge in [-0.2, -0.15) is 5.10 Å². The van der Waals surface area contributed by atoms with E-state index in [1.807, 2.05) is 25.1 Å². The minimum absolute atomic E-state index is 0.0872. The average molecular weight is 311 g/mol. The molecule has 1 N–H and O–H groups in total. The number of benzene rings is 1. The fraction of sp³-hybridized carbons (Fsp3) is 0.389. The maximum Gasteiger partial charge on any atom is 0.267 e. The zero-order chi connectivity index (χ0) is 16.2.